The fourth-order valence-corrected chi connectivity index (χ4v) is 4.25. The van der Waals surface area contributed by atoms with Crippen LogP contribution in [0.1, 0.15) is 51.4 Å². The van der Waals surface area contributed by atoms with E-state index in [1.54, 1.807) is 0 Å². The predicted octanol–water partition coefficient (Wildman–Crippen LogP) is 2.60. The number of rotatable bonds is 4. The van der Waals surface area contributed by atoms with E-state index in [2.05, 4.69) is 16.9 Å². The molecule has 5 nitrogen and oxygen atoms in total. The number of nitrogens with one attached hydrogen (secondary N) is 2. The van der Waals surface area contributed by atoms with Gasteiger partial charge in [0, 0.05) is 17.3 Å². The fraction of sp³-hybridized carbons (Fsp3) is 0.867. The van der Waals surface area contributed by atoms with Crippen LogP contribution in [-0.4, -0.2) is 40.7 Å². The Morgan fingerprint density at radius 1 is 1.05 bits per heavy atom. The van der Waals surface area contributed by atoms with E-state index in [0.29, 0.717) is 11.7 Å². The third-order valence-electron chi connectivity index (χ3n) is 4.70. The molecule has 2 amide bonds. The van der Waals surface area contributed by atoms with Crippen molar-refractivity contribution in [3.63, 3.8) is 0 Å². The molecule has 0 radical (unpaired) electrons. The summed E-state index contributed by atoms with van der Waals surface area (Å²) in [4.78, 5) is 23.5. The van der Waals surface area contributed by atoms with Gasteiger partial charge in [-0.3, -0.25) is 4.79 Å². The van der Waals surface area contributed by atoms with Gasteiger partial charge in [0.05, 0.1) is 5.92 Å². The zero-order valence-electron chi connectivity index (χ0n) is 12.6. The van der Waals surface area contributed by atoms with E-state index in [4.69, 9.17) is 0 Å². The number of hydrogen-bond donors (Lipinski definition) is 3. The third-order valence-corrected chi connectivity index (χ3v) is 5.80. The number of carbonyl (C=O) groups is 2. The van der Waals surface area contributed by atoms with Gasteiger partial charge >= 0.3 is 12.0 Å². The number of carboxylic acid groups (broad SMARTS) is 1. The molecule has 4 atom stereocenters. The summed E-state index contributed by atoms with van der Waals surface area (Å²) < 4.78 is 0. The maximum Gasteiger partial charge on any atom is 0.315 e. The molecule has 2 aliphatic rings. The topological polar surface area (TPSA) is 78.4 Å². The molecule has 2 rings (SSSR count). The van der Waals surface area contributed by atoms with E-state index < -0.39 is 11.9 Å². The van der Waals surface area contributed by atoms with Crippen LogP contribution in [0.5, 0.6) is 0 Å². The molecule has 0 heterocycles. The Balaban J connectivity index is 1.83. The smallest absolute Gasteiger partial charge is 0.315 e. The van der Waals surface area contributed by atoms with E-state index in [1.165, 1.54) is 0 Å². The van der Waals surface area contributed by atoms with Gasteiger partial charge < -0.3 is 15.7 Å². The van der Waals surface area contributed by atoms with Crippen LogP contribution in [0.3, 0.4) is 0 Å². The monoisotopic (exact) mass is 314 g/mol. The Morgan fingerprint density at radius 2 is 1.81 bits per heavy atom. The zero-order valence-corrected chi connectivity index (χ0v) is 13.5. The van der Waals surface area contributed by atoms with Crippen molar-refractivity contribution in [2.24, 2.45) is 5.92 Å². The van der Waals surface area contributed by atoms with Crippen LogP contribution in [0.25, 0.3) is 0 Å². The summed E-state index contributed by atoms with van der Waals surface area (Å²) in [5.74, 6) is -1.23. The Hall–Kier alpha value is -0.910. The highest BCUT2D eigenvalue weighted by Gasteiger charge is 2.31. The highest BCUT2D eigenvalue weighted by molar-refractivity contribution is 7.99. The van der Waals surface area contributed by atoms with E-state index >= 15 is 0 Å². The van der Waals surface area contributed by atoms with Crippen molar-refractivity contribution in [3.05, 3.63) is 0 Å². The van der Waals surface area contributed by atoms with Crippen LogP contribution in [0.15, 0.2) is 0 Å². The van der Waals surface area contributed by atoms with Gasteiger partial charge in [0.25, 0.3) is 0 Å². The molecule has 6 heteroatoms. The molecule has 2 saturated carbocycles. The van der Waals surface area contributed by atoms with Gasteiger partial charge in [0.1, 0.15) is 0 Å². The molecule has 21 heavy (non-hydrogen) atoms. The lowest BCUT2D eigenvalue weighted by atomic mass is 9.95. The Kier molecular flexibility index (Phi) is 6.21. The quantitative estimate of drug-likeness (QED) is 0.697. The van der Waals surface area contributed by atoms with Gasteiger partial charge in [-0.05, 0) is 38.4 Å². The second-order valence-corrected chi connectivity index (χ2v) is 7.31. The Bertz CT molecular complexity index is 378. The Labute approximate surface area is 130 Å². The summed E-state index contributed by atoms with van der Waals surface area (Å²) in [7, 11) is 0. The van der Waals surface area contributed by atoms with E-state index in [1.807, 2.05) is 11.8 Å². The number of hydrogen-bond acceptors (Lipinski definition) is 3. The second kappa shape index (κ2) is 7.92. The molecule has 2 aliphatic carbocycles. The van der Waals surface area contributed by atoms with Crippen LogP contribution in [-0.2, 0) is 4.79 Å². The molecule has 0 saturated heterocycles. The number of carboxylic acids is 1. The summed E-state index contributed by atoms with van der Waals surface area (Å²) in [6, 6.07) is -0.195. The lowest BCUT2D eigenvalue weighted by molar-refractivity contribution is -0.142. The lowest BCUT2D eigenvalue weighted by Gasteiger charge is -2.24. The molecular weight excluding hydrogens is 288 g/mol. The molecule has 4 unspecified atom stereocenters. The van der Waals surface area contributed by atoms with Gasteiger partial charge in [-0.1, -0.05) is 19.3 Å². The lowest BCUT2D eigenvalue weighted by Crippen LogP contribution is -2.49. The normalized spacial score (nSPS) is 33.2. The van der Waals surface area contributed by atoms with Gasteiger partial charge in [0.15, 0.2) is 0 Å². The molecule has 0 aliphatic heterocycles. The van der Waals surface area contributed by atoms with Crippen molar-refractivity contribution < 1.29 is 14.7 Å². The minimum Gasteiger partial charge on any atom is -0.481 e. The van der Waals surface area contributed by atoms with Crippen molar-refractivity contribution in [2.75, 3.05) is 6.26 Å². The Morgan fingerprint density at radius 3 is 2.48 bits per heavy atom. The molecule has 0 aromatic heterocycles. The van der Waals surface area contributed by atoms with Crippen LogP contribution < -0.4 is 10.6 Å². The molecular formula is C15H26N2O3S. The first-order valence-corrected chi connectivity index (χ1v) is 9.21. The zero-order chi connectivity index (χ0) is 15.2. The largest absolute Gasteiger partial charge is 0.481 e. The number of amides is 2. The van der Waals surface area contributed by atoms with Crippen LogP contribution in [0.4, 0.5) is 4.79 Å². The van der Waals surface area contributed by atoms with Crippen molar-refractivity contribution in [1.82, 2.24) is 10.6 Å². The van der Waals surface area contributed by atoms with Gasteiger partial charge in [-0.2, -0.15) is 11.8 Å². The molecule has 120 valence electrons. The van der Waals surface area contributed by atoms with E-state index in [-0.39, 0.29) is 18.1 Å². The van der Waals surface area contributed by atoms with E-state index in [9.17, 15) is 14.7 Å². The van der Waals surface area contributed by atoms with Gasteiger partial charge in [-0.15, -0.1) is 0 Å². The molecule has 0 spiro atoms. The summed E-state index contributed by atoms with van der Waals surface area (Å²) >= 11 is 1.86. The third kappa shape index (κ3) is 4.80. The molecule has 0 aromatic carbocycles. The maximum atomic E-state index is 12.1. The highest BCUT2D eigenvalue weighted by atomic mass is 32.2. The van der Waals surface area contributed by atoms with Crippen LogP contribution >= 0.6 is 11.8 Å². The second-order valence-electron chi connectivity index (χ2n) is 6.17. The van der Waals surface area contributed by atoms with Crippen LogP contribution in [0, 0.1) is 5.92 Å². The standard InChI is InChI=1S/C15H26N2O3S/c1-21-11-8-7-10(9-11)16-15(20)17-13-6-4-2-3-5-12(13)14(18)19/h10-13H,2-9H2,1H3,(H,18,19)(H2,16,17,20). The average Bonchev–Trinajstić information content (AvgIpc) is 2.75. The predicted molar refractivity (Wildman–Crippen MR) is 84.6 cm³/mol. The number of aliphatic carboxylic acids is 1. The molecule has 2 fully saturated rings. The number of urea groups is 1. The average molecular weight is 314 g/mol. The fourth-order valence-electron chi connectivity index (χ4n) is 3.46. The van der Waals surface area contributed by atoms with Crippen molar-refractivity contribution >= 4 is 23.8 Å². The van der Waals surface area contributed by atoms with Crippen molar-refractivity contribution in [2.45, 2.75) is 68.7 Å². The van der Waals surface area contributed by atoms with Crippen molar-refractivity contribution in [3.8, 4) is 0 Å². The first kappa shape index (κ1) is 16.5. The maximum absolute atomic E-state index is 12.1. The van der Waals surface area contributed by atoms with E-state index in [0.717, 1.165) is 44.9 Å². The minimum atomic E-state index is -0.787. The summed E-state index contributed by atoms with van der Waals surface area (Å²) in [5.41, 5.74) is 0. The van der Waals surface area contributed by atoms with Crippen molar-refractivity contribution in [1.29, 1.82) is 0 Å². The summed E-state index contributed by atoms with van der Waals surface area (Å²) in [5, 5.41) is 15.9. The number of thioether (sulfide) groups is 1. The summed E-state index contributed by atoms with van der Waals surface area (Å²) in [6.45, 7) is 0. The SMILES string of the molecule is CSC1CCC(NC(=O)NC2CCCCCC2C(=O)O)C1. The first-order chi connectivity index (χ1) is 10.1. The highest BCUT2D eigenvalue weighted by Crippen LogP contribution is 2.28. The van der Waals surface area contributed by atoms with Crippen LogP contribution in [0.2, 0.25) is 0 Å². The molecule has 0 bridgehead atoms. The minimum absolute atomic E-state index is 0.195. The van der Waals surface area contributed by atoms with Gasteiger partial charge in [0.2, 0.25) is 0 Å². The summed E-state index contributed by atoms with van der Waals surface area (Å²) in [6.07, 6.45) is 9.71. The first-order valence-electron chi connectivity index (χ1n) is 7.92. The number of carbonyl (C=O) groups excluding carboxylic acids is 1. The molecule has 0 aromatic rings. The van der Waals surface area contributed by atoms with Gasteiger partial charge in [-0.25, -0.2) is 4.79 Å². The molecule has 3 N–H and O–H groups in total.